The molecule has 2 rings (SSSR count). The van der Waals surface area contributed by atoms with Crippen molar-refractivity contribution in [1.82, 2.24) is 4.90 Å². The van der Waals surface area contributed by atoms with Gasteiger partial charge in [-0.2, -0.15) is 11.8 Å². The predicted molar refractivity (Wildman–Crippen MR) is 76.8 cm³/mol. The molecule has 1 aromatic rings. The number of likely N-dealkylation sites (N-methyl/N-ethyl adjacent to an activating group) is 1. The van der Waals surface area contributed by atoms with Gasteiger partial charge >= 0.3 is 0 Å². The summed E-state index contributed by atoms with van der Waals surface area (Å²) in [5.41, 5.74) is 7.20. The lowest BCUT2D eigenvalue weighted by atomic mass is 10.00. The highest BCUT2D eigenvalue weighted by atomic mass is 35.5. The van der Waals surface area contributed by atoms with E-state index in [1.54, 1.807) is 6.07 Å². The summed E-state index contributed by atoms with van der Waals surface area (Å²) >= 11 is 7.97. The van der Waals surface area contributed by atoms with E-state index in [0.29, 0.717) is 17.5 Å². The molecule has 2 unspecified atom stereocenters. The molecule has 0 aromatic heterocycles. The normalized spacial score (nSPS) is 23.0. The van der Waals surface area contributed by atoms with E-state index in [0.717, 1.165) is 23.6 Å². The summed E-state index contributed by atoms with van der Waals surface area (Å²) in [4.78, 5) is 2.30. The maximum absolute atomic E-state index is 13.0. The molecule has 18 heavy (non-hydrogen) atoms. The molecule has 1 aliphatic rings. The molecule has 0 bridgehead atoms. The Hall–Kier alpha value is -0.290. The van der Waals surface area contributed by atoms with Gasteiger partial charge in [-0.3, -0.25) is 0 Å². The van der Waals surface area contributed by atoms with Gasteiger partial charge in [0.15, 0.2) is 0 Å². The van der Waals surface area contributed by atoms with Crippen LogP contribution in [0.15, 0.2) is 18.2 Å². The van der Waals surface area contributed by atoms with Gasteiger partial charge in [-0.25, -0.2) is 4.39 Å². The van der Waals surface area contributed by atoms with Crippen LogP contribution in [-0.2, 0) is 6.42 Å². The van der Waals surface area contributed by atoms with Crippen LogP contribution in [0, 0.1) is 5.82 Å². The van der Waals surface area contributed by atoms with E-state index in [-0.39, 0.29) is 11.9 Å². The van der Waals surface area contributed by atoms with E-state index >= 15 is 0 Å². The van der Waals surface area contributed by atoms with Gasteiger partial charge in [0, 0.05) is 35.2 Å². The zero-order valence-corrected chi connectivity index (χ0v) is 12.0. The molecule has 2 atom stereocenters. The van der Waals surface area contributed by atoms with Crippen molar-refractivity contribution in [3.8, 4) is 0 Å². The summed E-state index contributed by atoms with van der Waals surface area (Å²) in [6.07, 6.45) is 0.689. The Kier molecular flexibility index (Phi) is 4.90. The van der Waals surface area contributed by atoms with Crippen molar-refractivity contribution >= 4 is 23.4 Å². The van der Waals surface area contributed by atoms with Crippen LogP contribution >= 0.6 is 23.4 Å². The molecule has 1 heterocycles. The minimum atomic E-state index is -0.303. The van der Waals surface area contributed by atoms with Crippen molar-refractivity contribution in [3.05, 3.63) is 34.6 Å². The standard InChI is InChI=1S/C13H18ClFN2S/c1-17-4-5-18-8-13(17)12(16)6-9-2-3-10(15)7-11(9)14/h2-3,7,12-13H,4-6,8,16H2,1H3. The lowest BCUT2D eigenvalue weighted by Gasteiger charge is -2.36. The topological polar surface area (TPSA) is 29.3 Å². The lowest BCUT2D eigenvalue weighted by molar-refractivity contribution is 0.235. The summed E-state index contributed by atoms with van der Waals surface area (Å²) in [5.74, 6) is 1.91. The minimum absolute atomic E-state index is 0.0331. The van der Waals surface area contributed by atoms with Gasteiger partial charge in [-0.05, 0) is 31.2 Å². The molecule has 1 saturated heterocycles. The Morgan fingerprint density at radius 1 is 1.61 bits per heavy atom. The first kappa shape index (κ1) is 14.1. The largest absolute Gasteiger partial charge is 0.326 e. The first-order valence-electron chi connectivity index (χ1n) is 6.05. The molecule has 0 radical (unpaired) electrons. The molecular formula is C13H18ClFN2S. The summed E-state index contributed by atoms with van der Waals surface area (Å²) in [5, 5.41) is 0.469. The molecule has 0 aliphatic carbocycles. The van der Waals surface area contributed by atoms with Gasteiger partial charge in [-0.15, -0.1) is 0 Å². The van der Waals surface area contributed by atoms with Crippen molar-refractivity contribution in [2.75, 3.05) is 25.1 Å². The molecule has 5 heteroatoms. The second-order valence-corrected chi connectivity index (χ2v) is 6.28. The van der Waals surface area contributed by atoms with Crippen molar-refractivity contribution in [2.24, 2.45) is 5.73 Å². The van der Waals surface area contributed by atoms with Gasteiger partial charge in [0.1, 0.15) is 5.82 Å². The SMILES string of the molecule is CN1CCSCC1C(N)Cc1ccc(F)cc1Cl. The third-order valence-corrected chi connectivity index (χ3v) is 4.81. The Morgan fingerprint density at radius 2 is 2.39 bits per heavy atom. The zero-order valence-electron chi connectivity index (χ0n) is 10.4. The average molecular weight is 289 g/mol. The molecular weight excluding hydrogens is 271 g/mol. The molecule has 1 aliphatic heterocycles. The fourth-order valence-electron chi connectivity index (χ4n) is 2.23. The third kappa shape index (κ3) is 3.38. The van der Waals surface area contributed by atoms with E-state index in [2.05, 4.69) is 11.9 Å². The number of hydrogen-bond acceptors (Lipinski definition) is 3. The molecule has 0 amide bonds. The van der Waals surface area contributed by atoms with Gasteiger partial charge in [-0.1, -0.05) is 17.7 Å². The fourth-order valence-corrected chi connectivity index (χ4v) is 3.80. The highest BCUT2D eigenvalue weighted by Gasteiger charge is 2.25. The van der Waals surface area contributed by atoms with E-state index in [1.807, 2.05) is 11.8 Å². The van der Waals surface area contributed by atoms with Crippen LogP contribution in [0.4, 0.5) is 4.39 Å². The second-order valence-electron chi connectivity index (χ2n) is 4.73. The maximum atomic E-state index is 13.0. The van der Waals surface area contributed by atoms with Crippen LogP contribution in [0.1, 0.15) is 5.56 Å². The fraction of sp³-hybridized carbons (Fsp3) is 0.538. The van der Waals surface area contributed by atoms with Crippen molar-refractivity contribution in [2.45, 2.75) is 18.5 Å². The van der Waals surface area contributed by atoms with Crippen LogP contribution in [0.5, 0.6) is 0 Å². The highest BCUT2D eigenvalue weighted by molar-refractivity contribution is 7.99. The van der Waals surface area contributed by atoms with Crippen LogP contribution in [0.25, 0.3) is 0 Å². The number of benzene rings is 1. The number of nitrogens with zero attached hydrogens (tertiary/aromatic N) is 1. The zero-order chi connectivity index (χ0) is 13.1. The molecule has 0 saturated carbocycles. The monoisotopic (exact) mass is 288 g/mol. The van der Waals surface area contributed by atoms with E-state index < -0.39 is 0 Å². The average Bonchev–Trinajstić information content (AvgIpc) is 2.33. The van der Waals surface area contributed by atoms with Gasteiger partial charge in [0.2, 0.25) is 0 Å². The molecule has 100 valence electrons. The summed E-state index contributed by atoms with van der Waals surface area (Å²) < 4.78 is 13.0. The molecule has 2 N–H and O–H groups in total. The Morgan fingerprint density at radius 3 is 3.06 bits per heavy atom. The maximum Gasteiger partial charge on any atom is 0.124 e. The van der Waals surface area contributed by atoms with E-state index in [1.165, 1.54) is 12.1 Å². The van der Waals surface area contributed by atoms with Crippen molar-refractivity contribution < 1.29 is 4.39 Å². The lowest BCUT2D eigenvalue weighted by Crippen LogP contribution is -2.51. The number of hydrogen-bond donors (Lipinski definition) is 1. The number of halogens is 2. The first-order valence-corrected chi connectivity index (χ1v) is 7.58. The minimum Gasteiger partial charge on any atom is -0.326 e. The summed E-state index contributed by atoms with van der Waals surface area (Å²) in [6.45, 7) is 1.07. The highest BCUT2D eigenvalue weighted by Crippen LogP contribution is 2.22. The molecule has 1 fully saturated rings. The van der Waals surface area contributed by atoms with Gasteiger partial charge in [0.25, 0.3) is 0 Å². The van der Waals surface area contributed by atoms with Crippen LogP contribution in [-0.4, -0.2) is 42.1 Å². The smallest absolute Gasteiger partial charge is 0.124 e. The quantitative estimate of drug-likeness (QED) is 0.926. The summed E-state index contributed by atoms with van der Waals surface area (Å²) in [7, 11) is 2.11. The van der Waals surface area contributed by atoms with Gasteiger partial charge in [0.05, 0.1) is 0 Å². The Labute approximate surface area is 117 Å². The summed E-state index contributed by atoms with van der Waals surface area (Å²) in [6, 6.07) is 4.92. The first-order chi connectivity index (χ1) is 8.58. The number of nitrogens with two attached hydrogens (primary N) is 1. The molecule has 1 aromatic carbocycles. The van der Waals surface area contributed by atoms with Crippen molar-refractivity contribution in [3.63, 3.8) is 0 Å². The van der Waals surface area contributed by atoms with Crippen LogP contribution in [0.3, 0.4) is 0 Å². The van der Waals surface area contributed by atoms with Crippen LogP contribution in [0.2, 0.25) is 5.02 Å². The predicted octanol–water partition coefficient (Wildman–Crippen LogP) is 2.40. The molecule has 0 spiro atoms. The van der Waals surface area contributed by atoms with Crippen molar-refractivity contribution in [1.29, 1.82) is 0 Å². The van der Waals surface area contributed by atoms with E-state index in [9.17, 15) is 4.39 Å². The second kappa shape index (κ2) is 6.24. The Bertz CT molecular complexity index is 416. The van der Waals surface area contributed by atoms with E-state index in [4.69, 9.17) is 17.3 Å². The molecule has 2 nitrogen and oxygen atoms in total. The van der Waals surface area contributed by atoms with Crippen LogP contribution < -0.4 is 5.73 Å². The Balaban J connectivity index is 2.03. The third-order valence-electron chi connectivity index (χ3n) is 3.41. The number of thioether (sulfide) groups is 1. The number of rotatable bonds is 3. The van der Waals surface area contributed by atoms with Gasteiger partial charge < -0.3 is 10.6 Å².